The second kappa shape index (κ2) is 5.11. The van der Waals surface area contributed by atoms with Gasteiger partial charge in [-0.3, -0.25) is 18.6 Å². The van der Waals surface area contributed by atoms with Gasteiger partial charge >= 0.3 is 5.69 Å². The monoisotopic (exact) mass is 318 g/mol. The smallest absolute Gasteiger partial charge is 0.332 e. The van der Waals surface area contributed by atoms with Crippen LogP contribution in [-0.4, -0.2) is 29.0 Å². The summed E-state index contributed by atoms with van der Waals surface area (Å²) in [6.07, 6.45) is 2.72. The van der Waals surface area contributed by atoms with Crippen LogP contribution in [0.3, 0.4) is 0 Å². The van der Waals surface area contributed by atoms with Crippen LogP contribution in [0.2, 0.25) is 0 Å². The normalized spacial score (nSPS) is 11.6. The van der Waals surface area contributed by atoms with Gasteiger partial charge in [0.15, 0.2) is 11.2 Å². The zero-order valence-electron chi connectivity index (χ0n) is 13.2. The number of hydrogen-bond donors (Lipinski definition) is 1. The van der Waals surface area contributed by atoms with E-state index < -0.39 is 23.7 Å². The molecule has 0 aliphatic carbocycles. The Morgan fingerprint density at radius 1 is 1.30 bits per heavy atom. The lowest BCUT2D eigenvalue weighted by Gasteiger charge is -2.05. The number of aryl methyl sites for hydroxylation is 3. The van der Waals surface area contributed by atoms with E-state index in [0.29, 0.717) is 11.4 Å². The molecule has 0 aliphatic rings. The van der Waals surface area contributed by atoms with Crippen molar-refractivity contribution in [1.29, 1.82) is 0 Å². The van der Waals surface area contributed by atoms with E-state index in [1.54, 1.807) is 10.6 Å². The van der Waals surface area contributed by atoms with Crippen LogP contribution in [0.5, 0.6) is 0 Å². The molecule has 0 unspecified atom stereocenters. The Kier molecular flexibility index (Phi) is 3.35. The van der Waals surface area contributed by atoms with Crippen molar-refractivity contribution in [3.8, 4) is 0 Å². The molecule has 1 amide bonds. The number of hydrogen-bond acceptors (Lipinski definition) is 4. The van der Waals surface area contributed by atoms with Gasteiger partial charge in [-0.25, -0.2) is 9.36 Å². The van der Waals surface area contributed by atoms with Crippen LogP contribution in [0, 0.1) is 6.92 Å². The lowest BCUT2D eigenvalue weighted by Crippen LogP contribution is -2.42. The Labute approximate surface area is 130 Å². The number of amides is 1. The molecular weight excluding hydrogens is 300 g/mol. The molecule has 0 aromatic carbocycles. The van der Waals surface area contributed by atoms with Gasteiger partial charge in [0, 0.05) is 25.5 Å². The predicted octanol–water partition coefficient (Wildman–Crippen LogP) is -0.647. The number of imidazole rings is 2. The van der Waals surface area contributed by atoms with E-state index in [1.165, 1.54) is 11.6 Å². The number of aromatic nitrogens is 5. The van der Waals surface area contributed by atoms with Crippen molar-refractivity contribution in [3.05, 3.63) is 32.7 Å². The zero-order valence-corrected chi connectivity index (χ0v) is 13.2. The first-order valence-electron chi connectivity index (χ1n) is 7.32. The Bertz CT molecular complexity index is 1050. The minimum Gasteiger partial charge on any atom is -0.368 e. The summed E-state index contributed by atoms with van der Waals surface area (Å²) in [6.45, 7) is 4.28. The Morgan fingerprint density at radius 2 is 2.00 bits per heavy atom. The lowest BCUT2D eigenvalue weighted by molar-refractivity contribution is -0.118. The van der Waals surface area contributed by atoms with Crippen molar-refractivity contribution in [3.63, 3.8) is 0 Å². The Balaban J connectivity index is 2.47. The molecule has 0 fully saturated rings. The van der Waals surface area contributed by atoms with Gasteiger partial charge in [0.05, 0.1) is 0 Å². The summed E-state index contributed by atoms with van der Waals surface area (Å²) >= 11 is 0. The van der Waals surface area contributed by atoms with Gasteiger partial charge in [0.1, 0.15) is 6.54 Å². The Morgan fingerprint density at radius 3 is 2.61 bits per heavy atom. The SMILES string of the molecule is CCCn1c(C)cn2c3c(=O)n(CC(N)=O)c(=O)n(C)c3nc12. The number of nitrogens with zero attached hydrogens (tertiary/aromatic N) is 5. The van der Waals surface area contributed by atoms with Crippen LogP contribution in [-0.2, 0) is 24.9 Å². The molecule has 0 saturated heterocycles. The zero-order chi connectivity index (χ0) is 16.9. The number of primary amides is 1. The first-order valence-corrected chi connectivity index (χ1v) is 7.32. The quantitative estimate of drug-likeness (QED) is 0.689. The van der Waals surface area contributed by atoms with Crippen LogP contribution < -0.4 is 17.0 Å². The summed E-state index contributed by atoms with van der Waals surface area (Å²) in [4.78, 5) is 40.5. The molecule has 0 atom stereocenters. The molecule has 3 rings (SSSR count). The molecule has 122 valence electrons. The molecule has 0 bridgehead atoms. The summed E-state index contributed by atoms with van der Waals surface area (Å²) in [6, 6.07) is 0. The molecule has 9 nitrogen and oxygen atoms in total. The van der Waals surface area contributed by atoms with Crippen molar-refractivity contribution in [2.24, 2.45) is 12.8 Å². The van der Waals surface area contributed by atoms with Gasteiger partial charge in [-0.2, -0.15) is 4.98 Å². The maximum Gasteiger partial charge on any atom is 0.332 e. The fraction of sp³-hybridized carbons (Fsp3) is 0.429. The first-order chi connectivity index (χ1) is 10.9. The van der Waals surface area contributed by atoms with Crippen molar-refractivity contribution < 1.29 is 4.79 Å². The molecule has 23 heavy (non-hydrogen) atoms. The van der Waals surface area contributed by atoms with E-state index in [9.17, 15) is 14.4 Å². The fourth-order valence-electron chi connectivity index (χ4n) is 2.85. The topological polar surface area (TPSA) is 109 Å². The minimum absolute atomic E-state index is 0.265. The van der Waals surface area contributed by atoms with Gasteiger partial charge in [-0.05, 0) is 13.3 Å². The molecular formula is C14H18N6O3. The maximum atomic E-state index is 12.7. The van der Waals surface area contributed by atoms with Gasteiger partial charge < -0.3 is 10.3 Å². The van der Waals surface area contributed by atoms with Crippen molar-refractivity contribution in [2.45, 2.75) is 33.4 Å². The number of carbonyl (C=O) groups excluding carboxylic acids is 1. The highest BCUT2D eigenvalue weighted by Crippen LogP contribution is 2.16. The van der Waals surface area contributed by atoms with Crippen LogP contribution in [0.4, 0.5) is 0 Å². The van der Waals surface area contributed by atoms with E-state index in [0.717, 1.165) is 23.2 Å². The number of carbonyl (C=O) groups is 1. The molecule has 0 aliphatic heterocycles. The van der Waals surface area contributed by atoms with E-state index in [-0.39, 0.29) is 5.52 Å². The van der Waals surface area contributed by atoms with E-state index in [4.69, 9.17) is 5.73 Å². The van der Waals surface area contributed by atoms with Gasteiger partial charge in [0.25, 0.3) is 5.56 Å². The van der Waals surface area contributed by atoms with E-state index in [2.05, 4.69) is 4.98 Å². The molecule has 9 heteroatoms. The highest BCUT2D eigenvalue weighted by Gasteiger charge is 2.20. The lowest BCUT2D eigenvalue weighted by atomic mass is 10.4. The van der Waals surface area contributed by atoms with Crippen molar-refractivity contribution >= 4 is 22.8 Å². The largest absolute Gasteiger partial charge is 0.368 e. The number of rotatable bonds is 4. The molecule has 3 aromatic rings. The number of fused-ring (bicyclic) bond motifs is 3. The number of nitrogens with two attached hydrogens (primary N) is 1. The maximum absolute atomic E-state index is 12.7. The third kappa shape index (κ3) is 2.07. The van der Waals surface area contributed by atoms with Crippen LogP contribution in [0.1, 0.15) is 19.0 Å². The summed E-state index contributed by atoms with van der Waals surface area (Å²) in [7, 11) is 1.52. The predicted molar refractivity (Wildman–Crippen MR) is 84.4 cm³/mol. The summed E-state index contributed by atoms with van der Waals surface area (Å²) in [5, 5.41) is 0. The van der Waals surface area contributed by atoms with Crippen LogP contribution >= 0.6 is 0 Å². The second-order valence-corrected chi connectivity index (χ2v) is 5.58. The third-order valence-electron chi connectivity index (χ3n) is 3.90. The van der Waals surface area contributed by atoms with E-state index in [1.807, 2.05) is 18.4 Å². The average Bonchev–Trinajstić information content (AvgIpc) is 2.98. The van der Waals surface area contributed by atoms with Crippen LogP contribution in [0.15, 0.2) is 15.8 Å². The van der Waals surface area contributed by atoms with Gasteiger partial charge in [-0.1, -0.05) is 6.92 Å². The average molecular weight is 318 g/mol. The fourth-order valence-corrected chi connectivity index (χ4v) is 2.85. The molecule has 3 heterocycles. The Hall–Kier alpha value is -2.84. The van der Waals surface area contributed by atoms with E-state index >= 15 is 0 Å². The summed E-state index contributed by atoms with van der Waals surface area (Å²) in [5.74, 6) is -0.146. The molecule has 3 aromatic heterocycles. The second-order valence-electron chi connectivity index (χ2n) is 5.58. The van der Waals surface area contributed by atoms with Crippen molar-refractivity contribution in [1.82, 2.24) is 23.1 Å². The molecule has 2 N–H and O–H groups in total. The van der Waals surface area contributed by atoms with Gasteiger partial charge in [-0.15, -0.1) is 0 Å². The molecule has 0 radical (unpaired) electrons. The minimum atomic E-state index is -0.746. The van der Waals surface area contributed by atoms with Gasteiger partial charge in [0.2, 0.25) is 11.7 Å². The standard InChI is InChI=1S/C14H18N6O3/c1-4-5-18-8(2)6-19-10-11(16-13(18)19)17(3)14(23)20(12(10)22)7-9(15)21/h6H,4-5,7H2,1-3H3,(H2,15,21). The first kappa shape index (κ1) is 15.1. The highest BCUT2D eigenvalue weighted by atomic mass is 16.2. The molecule has 0 saturated carbocycles. The third-order valence-corrected chi connectivity index (χ3v) is 3.90. The van der Waals surface area contributed by atoms with Crippen LogP contribution in [0.25, 0.3) is 16.9 Å². The summed E-state index contributed by atoms with van der Waals surface area (Å²) in [5.41, 5.74) is 5.48. The molecule has 0 spiro atoms. The van der Waals surface area contributed by atoms with Crippen molar-refractivity contribution in [2.75, 3.05) is 0 Å². The summed E-state index contributed by atoms with van der Waals surface area (Å²) < 4.78 is 5.76. The highest BCUT2D eigenvalue weighted by molar-refractivity contribution is 5.77.